The molecule has 4 nitrogen and oxygen atoms in total. The largest absolute Gasteiger partial charge is 0.497 e. The van der Waals surface area contributed by atoms with E-state index in [4.69, 9.17) is 15.2 Å². The highest BCUT2D eigenvalue weighted by molar-refractivity contribution is 5.93. The van der Waals surface area contributed by atoms with E-state index >= 15 is 0 Å². The standard InChI is InChI=1S/C24H32N2O2/c1-5-16(2)20-10-8-11-22-21(9-6-7-12-25)23(26-24(20)22)17-13-18(27-3)15-19(14-17)28-4/h8,10-11,13-16,26H,5-7,9,12,25H2,1-4H3. The number of ether oxygens (including phenoxy) is 2. The van der Waals surface area contributed by atoms with Crippen LogP contribution in [0.5, 0.6) is 11.5 Å². The molecule has 3 rings (SSSR count). The number of methoxy groups -OCH3 is 2. The van der Waals surface area contributed by atoms with Crippen molar-refractivity contribution in [1.82, 2.24) is 4.98 Å². The number of para-hydroxylation sites is 1. The molecule has 0 aliphatic heterocycles. The average molecular weight is 381 g/mol. The number of aromatic nitrogens is 1. The molecule has 0 aliphatic rings. The van der Waals surface area contributed by atoms with Gasteiger partial charge in [0, 0.05) is 28.2 Å². The molecule has 150 valence electrons. The van der Waals surface area contributed by atoms with E-state index in [9.17, 15) is 0 Å². The smallest absolute Gasteiger partial charge is 0.123 e. The number of hydrogen-bond acceptors (Lipinski definition) is 3. The highest BCUT2D eigenvalue weighted by Gasteiger charge is 2.18. The summed E-state index contributed by atoms with van der Waals surface area (Å²) in [7, 11) is 3.37. The van der Waals surface area contributed by atoms with Crippen molar-refractivity contribution in [2.45, 2.75) is 45.4 Å². The maximum absolute atomic E-state index is 5.75. The molecule has 1 unspecified atom stereocenters. The van der Waals surface area contributed by atoms with E-state index in [0.717, 1.165) is 55.0 Å². The maximum Gasteiger partial charge on any atom is 0.123 e. The Morgan fingerprint density at radius 3 is 2.36 bits per heavy atom. The molecule has 0 aliphatic carbocycles. The quantitative estimate of drug-likeness (QED) is 0.472. The molecule has 1 aromatic heterocycles. The minimum Gasteiger partial charge on any atom is -0.497 e. The van der Waals surface area contributed by atoms with E-state index in [-0.39, 0.29) is 0 Å². The normalized spacial score (nSPS) is 12.3. The summed E-state index contributed by atoms with van der Waals surface area (Å²) in [6.45, 7) is 5.25. The zero-order valence-corrected chi connectivity index (χ0v) is 17.5. The van der Waals surface area contributed by atoms with Crippen molar-refractivity contribution in [2.75, 3.05) is 20.8 Å². The van der Waals surface area contributed by atoms with Crippen LogP contribution in [0.2, 0.25) is 0 Å². The average Bonchev–Trinajstić information content (AvgIpc) is 3.11. The van der Waals surface area contributed by atoms with Crippen LogP contribution in [0, 0.1) is 0 Å². The Labute approximate surface area is 168 Å². The molecule has 3 aromatic rings. The third-order valence-electron chi connectivity index (χ3n) is 5.64. The summed E-state index contributed by atoms with van der Waals surface area (Å²) in [5.74, 6) is 2.10. The van der Waals surface area contributed by atoms with Gasteiger partial charge in [-0.1, -0.05) is 32.0 Å². The van der Waals surface area contributed by atoms with Gasteiger partial charge < -0.3 is 20.2 Å². The number of benzene rings is 2. The molecule has 3 N–H and O–H groups in total. The molecule has 1 heterocycles. The van der Waals surface area contributed by atoms with Crippen LogP contribution >= 0.6 is 0 Å². The predicted molar refractivity (Wildman–Crippen MR) is 118 cm³/mol. The highest BCUT2D eigenvalue weighted by Crippen LogP contribution is 2.38. The fourth-order valence-corrected chi connectivity index (χ4v) is 3.83. The fraction of sp³-hybridized carbons (Fsp3) is 0.417. The molecule has 0 fully saturated rings. The van der Waals surface area contributed by atoms with Gasteiger partial charge in [-0.2, -0.15) is 0 Å². The van der Waals surface area contributed by atoms with Crippen LogP contribution in [0.4, 0.5) is 0 Å². The number of nitrogens with one attached hydrogen (secondary N) is 1. The first-order valence-corrected chi connectivity index (χ1v) is 10.2. The third kappa shape index (κ3) is 4.02. The highest BCUT2D eigenvalue weighted by atomic mass is 16.5. The lowest BCUT2D eigenvalue weighted by Gasteiger charge is -2.10. The van der Waals surface area contributed by atoms with Crippen LogP contribution in [0.25, 0.3) is 22.2 Å². The zero-order valence-electron chi connectivity index (χ0n) is 17.5. The second kappa shape index (κ2) is 9.16. The number of aromatic amines is 1. The summed E-state index contributed by atoms with van der Waals surface area (Å²) in [4.78, 5) is 3.75. The summed E-state index contributed by atoms with van der Waals surface area (Å²) >= 11 is 0. The summed E-state index contributed by atoms with van der Waals surface area (Å²) < 4.78 is 11.0. The zero-order chi connectivity index (χ0) is 20.1. The molecule has 28 heavy (non-hydrogen) atoms. The first-order valence-electron chi connectivity index (χ1n) is 10.2. The van der Waals surface area contributed by atoms with Crippen LogP contribution < -0.4 is 15.2 Å². The Balaban J connectivity index is 2.21. The Kier molecular flexibility index (Phi) is 6.63. The van der Waals surface area contributed by atoms with Crippen LogP contribution in [0.3, 0.4) is 0 Å². The van der Waals surface area contributed by atoms with Crippen molar-refractivity contribution in [1.29, 1.82) is 0 Å². The summed E-state index contributed by atoms with van der Waals surface area (Å²) in [6.07, 6.45) is 4.21. The number of rotatable bonds is 9. The van der Waals surface area contributed by atoms with E-state index in [1.807, 2.05) is 6.07 Å². The van der Waals surface area contributed by atoms with E-state index < -0.39 is 0 Å². The Morgan fingerprint density at radius 1 is 1.04 bits per heavy atom. The Bertz CT molecular complexity index is 907. The second-order valence-electron chi connectivity index (χ2n) is 7.40. The van der Waals surface area contributed by atoms with Crippen molar-refractivity contribution in [3.05, 3.63) is 47.5 Å². The van der Waals surface area contributed by atoms with Crippen molar-refractivity contribution >= 4 is 10.9 Å². The lowest BCUT2D eigenvalue weighted by Crippen LogP contribution is -1.99. The molecule has 0 spiro atoms. The Morgan fingerprint density at radius 2 is 1.75 bits per heavy atom. The van der Waals surface area contributed by atoms with Gasteiger partial charge in [-0.3, -0.25) is 0 Å². The van der Waals surface area contributed by atoms with E-state index in [0.29, 0.717) is 5.92 Å². The molecule has 0 radical (unpaired) electrons. The summed E-state index contributed by atoms with van der Waals surface area (Å²) in [6, 6.07) is 12.7. The molecule has 4 heteroatoms. The first kappa shape index (κ1) is 20.3. The van der Waals surface area contributed by atoms with Gasteiger partial charge in [0.1, 0.15) is 11.5 Å². The van der Waals surface area contributed by atoms with Gasteiger partial charge in [-0.15, -0.1) is 0 Å². The van der Waals surface area contributed by atoms with E-state index in [2.05, 4.69) is 49.2 Å². The van der Waals surface area contributed by atoms with Gasteiger partial charge in [0.2, 0.25) is 0 Å². The molecular formula is C24H32N2O2. The van der Waals surface area contributed by atoms with Gasteiger partial charge in [0.05, 0.1) is 14.2 Å². The second-order valence-corrected chi connectivity index (χ2v) is 7.40. The minimum absolute atomic E-state index is 0.506. The van der Waals surface area contributed by atoms with Gasteiger partial charge in [-0.05, 0) is 61.4 Å². The van der Waals surface area contributed by atoms with Gasteiger partial charge >= 0.3 is 0 Å². The van der Waals surface area contributed by atoms with Crippen molar-refractivity contribution < 1.29 is 9.47 Å². The SMILES string of the molecule is CCC(C)c1cccc2c(CCCCN)c(-c3cc(OC)cc(OC)c3)[nH]c12. The molecule has 0 amide bonds. The number of nitrogens with two attached hydrogens (primary N) is 1. The van der Waals surface area contributed by atoms with Crippen molar-refractivity contribution in [2.24, 2.45) is 5.73 Å². The molecular weight excluding hydrogens is 348 g/mol. The molecule has 0 saturated carbocycles. The third-order valence-corrected chi connectivity index (χ3v) is 5.64. The van der Waals surface area contributed by atoms with Crippen LogP contribution in [-0.2, 0) is 6.42 Å². The van der Waals surface area contributed by atoms with Gasteiger partial charge in [0.15, 0.2) is 0 Å². The van der Waals surface area contributed by atoms with Crippen molar-refractivity contribution in [3.63, 3.8) is 0 Å². The van der Waals surface area contributed by atoms with Gasteiger partial charge in [0.25, 0.3) is 0 Å². The fourth-order valence-electron chi connectivity index (χ4n) is 3.83. The van der Waals surface area contributed by atoms with Crippen LogP contribution in [0.15, 0.2) is 36.4 Å². The topological polar surface area (TPSA) is 60.3 Å². The van der Waals surface area contributed by atoms with Crippen LogP contribution in [0.1, 0.15) is 50.2 Å². The summed E-state index contributed by atoms with van der Waals surface area (Å²) in [5.41, 5.74) is 12.0. The monoisotopic (exact) mass is 380 g/mol. The lowest BCUT2D eigenvalue weighted by atomic mass is 9.94. The van der Waals surface area contributed by atoms with E-state index in [1.54, 1.807) is 14.2 Å². The first-order chi connectivity index (χ1) is 13.6. The molecule has 0 saturated heterocycles. The number of aryl methyl sites for hydroxylation is 1. The van der Waals surface area contributed by atoms with E-state index in [1.165, 1.54) is 22.0 Å². The molecule has 0 bridgehead atoms. The number of hydrogen-bond donors (Lipinski definition) is 2. The van der Waals surface area contributed by atoms with Gasteiger partial charge in [-0.25, -0.2) is 0 Å². The van der Waals surface area contributed by atoms with Crippen LogP contribution in [-0.4, -0.2) is 25.7 Å². The number of fused-ring (bicyclic) bond motifs is 1. The lowest BCUT2D eigenvalue weighted by molar-refractivity contribution is 0.394. The molecule has 2 aromatic carbocycles. The maximum atomic E-state index is 5.75. The van der Waals surface area contributed by atoms with Crippen molar-refractivity contribution in [3.8, 4) is 22.8 Å². The number of unbranched alkanes of at least 4 members (excludes halogenated alkanes) is 1. The Hall–Kier alpha value is -2.46. The predicted octanol–water partition coefficient (Wildman–Crippen LogP) is 5.65. The minimum atomic E-state index is 0.506. The summed E-state index contributed by atoms with van der Waals surface area (Å²) in [5, 5.41) is 1.31. The molecule has 1 atom stereocenters. The number of H-pyrrole nitrogens is 1.